The lowest BCUT2D eigenvalue weighted by Crippen LogP contribution is -2.29. The first kappa shape index (κ1) is 17.2. The van der Waals surface area contributed by atoms with Crippen LogP contribution in [0.2, 0.25) is 0 Å². The Morgan fingerprint density at radius 3 is 2.54 bits per heavy atom. The molecule has 0 saturated carbocycles. The number of rotatable bonds is 4. The molecule has 1 aliphatic rings. The lowest BCUT2D eigenvalue weighted by Gasteiger charge is -2.14. The van der Waals surface area contributed by atoms with Gasteiger partial charge in [0.05, 0.1) is 11.3 Å². The predicted octanol–water partition coefficient (Wildman–Crippen LogP) is 3.66. The van der Waals surface area contributed by atoms with Crippen LogP contribution in [0.4, 0.5) is 0 Å². The van der Waals surface area contributed by atoms with Crippen LogP contribution in [-0.4, -0.2) is 49.2 Å². The molecule has 0 atom stereocenters. The molecule has 28 heavy (non-hydrogen) atoms. The summed E-state index contributed by atoms with van der Waals surface area (Å²) >= 11 is 1.43. The van der Waals surface area contributed by atoms with Gasteiger partial charge in [0.1, 0.15) is 5.82 Å². The van der Waals surface area contributed by atoms with Crippen molar-refractivity contribution in [3.8, 4) is 11.4 Å². The van der Waals surface area contributed by atoms with E-state index >= 15 is 0 Å². The quantitative estimate of drug-likeness (QED) is 0.499. The van der Waals surface area contributed by atoms with Crippen LogP contribution < -0.4 is 0 Å². The van der Waals surface area contributed by atoms with E-state index in [4.69, 9.17) is 4.98 Å². The zero-order valence-electron chi connectivity index (χ0n) is 15.3. The molecular formula is C21H19N5OS. The van der Waals surface area contributed by atoms with Crippen molar-refractivity contribution < 1.29 is 4.79 Å². The van der Waals surface area contributed by atoms with E-state index in [0.717, 1.165) is 53.9 Å². The van der Waals surface area contributed by atoms with Crippen LogP contribution in [0.5, 0.6) is 0 Å². The van der Waals surface area contributed by atoms with Gasteiger partial charge in [-0.1, -0.05) is 54.2 Å². The number of carbonyl (C=O) groups excluding carboxylic acids is 1. The Balaban J connectivity index is 1.60. The lowest BCUT2D eigenvalue weighted by molar-refractivity contribution is -0.127. The number of nitrogens with zero attached hydrogens (tertiary/aromatic N) is 5. The third-order valence-electron chi connectivity index (χ3n) is 5.03. The molecule has 1 saturated heterocycles. The molecular weight excluding hydrogens is 370 g/mol. The minimum atomic E-state index is 0.161. The van der Waals surface area contributed by atoms with Crippen molar-refractivity contribution in [2.24, 2.45) is 0 Å². The fourth-order valence-electron chi connectivity index (χ4n) is 3.62. The lowest BCUT2D eigenvalue weighted by atomic mass is 10.2. The zero-order chi connectivity index (χ0) is 18.9. The Kier molecular flexibility index (Phi) is 4.44. The molecule has 0 radical (unpaired) electrons. The molecule has 140 valence electrons. The van der Waals surface area contributed by atoms with Gasteiger partial charge in [0.2, 0.25) is 5.91 Å². The molecule has 6 nitrogen and oxygen atoms in total. The van der Waals surface area contributed by atoms with Gasteiger partial charge in [-0.2, -0.15) is 0 Å². The average molecular weight is 389 g/mol. The van der Waals surface area contributed by atoms with E-state index in [1.165, 1.54) is 11.8 Å². The number of thioether (sulfide) groups is 1. The van der Waals surface area contributed by atoms with Crippen LogP contribution in [0.15, 0.2) is 59.8 Å². The number of fused-ring (bicyclic) bond motifs is 3. The summed E-state index contributed by atoms with van der Waals surface area (Å²) < 4.78 is 1.97. The van der Waals surface area contributed by atoms with Gasteiger partial charge in [0.25, 0.3) is 0 Å². The van der Waals surface area contributed by atoms with Crippen molar-refractivity contribution in [1.82, 2.24) is 24.5 Å². The van der Waals surface area contributed by atoms with Crippen molar-refractivity contribution in [3.63, 3.8) is 0 Å². The minimum Gasteiger partial charge on any atom is -0.342 e. The maximum absolute atomic E-state index is 12.5. The van der Waals surface area contributed by atoms with Crippen LogP contribution in [-0.2, 0) is 4.79 Å². The number of amides is 1. The Morgan fingerprint density at radius 2 is 1.71 bits per heavy atom. The van der Waals surface area contributed by atoms with E-state index in [1.54, 1.807) is 0 Å². The normalized spacial score (nSPS) is 14.2. The van der Waals surface area contributed by atoms with Crippen molar-refractivity contribution in [1.29, 1.82) is 0 Å². The fraction of sp³-hybridized carbons (Fsp3) is 0.238. The summed E-state index contributed by atoms with van der Waals surface area (Å²) in [5.74, 6) is 1.31. The molecule has 3 heterocycles. The molecule has 1 amide bonds. The summed E-state index contributed by atoms with van der Waals surface area (Å²) in [5, 5.41) is 10.5. The molecule has 4 aromatic rings. The van der Waals surface area contributed by atoms with Crippen molar-refractivity contribution in [3.05, 3.63) is 54.6 Å². The topological polar surface area (TPSA) is 63.4 Å². The van der Waals surface area contributed by atoms with Gasteiger partial charge in [-0.05, 0) is 25.0 Å². The standard InChI is InChI=1S/C21H19N5OS/c27-18(25-12-6-7-13-25)14-28-21-24-23-20-16-10-4-5-11-17(16)22-19(26(20)21)15-8-2-1-3-9-15/h1-5,8-11H,6-7,12-14H2. The van der Waals surface area contributed by atoms with Crippen LogP contribution >= 0.6 is 11.8 Å². The van der Waals surface area contributed by atoms with E-state index in [-0.39, 0.29) is 5.91 Å². The van der Waals surface area contributed by atoms with Gasteiger partial charge < -0.3 is 4.90 Å². The number of aromatic nitrogens is 4. The number of carbonyl (C=O) groups is 1. The maximum atomic E-state index is 12.5. The van der Waals surface area contributed by atoms with Crippen LogP contribution in [0, 0.1) is 0 Å². The highest BCUT2D eigenvalue weighted by molar-refractivity contribution is 7.99. The van der Waals surface area contributed by atoms with E-state index in [9.17, 15) is 4.79 Å². The first-order valence-electron chi connectivity index (χ1n) is 9.41. The Hall–Kier alpha value is -2.93. The third-order valence-corrected chi connectivity index (χ3v) is 5.95. The molecule has 1 aliphatic heterocycles. The van der Waals surface area contributed by atoms with Crippen molar-refractivity contribution in [2.75, 3.05) is 18.8 Å². The SMILES string of the molecule is O=C(CSc1nnc2c3ccccc3nc(-c3ccccc3)n12)N1CCCC1. The molecule has 0 bridgehead atoms. The number of likely N-dealkylation sites (tertiary alicyclic amines) is 1. The number of benzene rings is 2. The third kappa shape index (κ3) is 3.01. The molecule has 5 rings (SSSR count). The fourth-order valence-corrected chi connectivity index (χ4v) is 4.45. The zero-order valence-corrected chi connectivity index (χ0v) is 16.1. The number of hydrogen-bond acceptors (Lipinski definition) is 5. The summed E-state index contributed by atoms with van der Waals surface area (Å²) in [6, 6.07) is 18.0. The Labute approximate surface area is 166 Å². The van der Waals surface area contributed by atoms with Crippen molar-refractivity contribution in [2.45, 2.75) is 18.0 Å². The molecule has 7 heteroatoms. The highest BCUT2D eigenvalue weighted by atomic mass is 32.2. The summed E-state index contributed by atoms with van der Waals surface area (Å²) in [6.07, 6.45) is 2.19. The second-order valence-corrected chi connectivity index (χ2v) is 7.78. The van der Waals surface area contributed by atoms with Crippen LogP contribution in [0.3, 0.4) is 0 Å². The molecule has 2 aromatic carbocycles. The molecule has 0 aliphatic carbocycles. The molecule has 0 N–H and O–H groups in total. The Morgan fingerprint density at radius 1 is 0.964 bits per heavy atom. The van der Waals surface area contributed by atoms with Gasteiger partial charge >= 0.3 is 0 Å². The van der Waals surface area contributed by atoms with E-state index in [1.807, 2.05) is 63.9 Å². The van der Waals surface area contributed by atoms with Crippen molar-refractivity contribution >= 4 is 34.2 Å². The van der Waals surface area contributed by atoms with Gasteiger partial charge in [0.15, 0.2) is 10.8 Å². The minimum absolute atomic E-state index is 0.161. The monoisotopic (exact) mass is 389 g/mol. The van der Waals surface area contributed by atoms with E-state index < -0.39 is 0 Å². The smallest absolute Gasteiger partial charge is 0.233 e. The van der Waals surface area contributed by atoms with Crippen LogP contribution in [0.25, 0.3) is 27.9 Å². The van der Waals surface area contributed by atoms with E-state index in [2.05, 4.69) is 10.2 Å². The van der Waals surface area contributed by atoms with Gasteiger partial charge in [0, 0.05) is 24.0 Å². The summed E-state index contributed by atoms with van der Waals surface area (Å²) in [6.45, 7) is 1.73. The molecule has 2 aromatic heterocycles. The first-order chi connectivity index (χ1) is 13.8. The number of hydrogen-bond donors (Lipinski definition) is 0. The predicted molar refractivity (Wildman–Crippen MR) is 110 cm³/mol. The van der Waals surface area contributed by atoms with Gasteiger partial charge in [-0.25, -0.2) is 4.98 Å². The average Bonchev–Trinajstić information content (AvgIpc) is 3.43. The highest BCUT2D eigenvalue weighted by Gasteiger charge is 2.21. The molecule has 1 fully saturated rings. The highest BCUT2D eigenvalue weighted by Crippen LogP contribution is 2.29. The number of para-hydroxylation sites is 1. The van der Waals surface area contributed by atoms with Gasteiger partial charge in [-0.15, -0.1) is 10.2 Å². The van der Waals surface area contributed by atoms with E-state index in [0.29, 0.717) is 10.9 Å². The summed E-state index contributed by atoms with van der Waals surface area (Å²) in [4.78, 5) is 19.3. The largest absolute Gasteiger partial charge is 0.342 e. The maximum Gasteiger partial charge on any atom is 0.233 e. The summed E-state index contributed by atoms with van der Waals surface area (Å²) in [7, 11) is 0. The second kappa shape index (κ2) is 7.24. The molecule has 0 spiro atoms. The Bertz CT molecular complexity index is 1150. The molecule has 0 unspecified atom stereocenters. The summed E-state index contributed by atoms with van der Waals surface area (Å²) in [5.41, 5.74) is 2.64. The second-order valence-electron chi connectivity index (χ2n) is 6.84. The first-order valence-corrected chi connectivity index (χ1v) is 10.4. The van der Waals surface area contributed by atoms with Crippen LogP contribution in [0.1, 0.15) is 12.8 Å². The van der Waals surface area contributed by atoms with Gasteiger partial charge in [-0.3, -0.25) is 9.20 Å².